The van der Waals surface area contributed by atoms with Gasteiger partial charge in [0.05, 0.1) is 12.8 Å². The average molecular weight is 350 g/mol. The predicted octanol–water partition coefficient (Wildman–Crippen LogP) is 0.589. The molecular weight excluding hydrogens is 338 g/mol. The summed E-state index contributed by atoms with van der Waals surface area (Å²) in [4.78, 5) is 50.0. The number of fused-ring (bicyclic) bond motifs is 1. The third kappa shape index (κ3) is 2.26. The Morgan fingerprint density at radius 3 is 2.33 bits per heavy atom. The van der Waals surface area contributed by atoms with Gasteiger partial charge in [-0.2, -0.15) is 5.10 Å². The number of ether oxygens (including phenoxy) is 1. The largest absolute Gasteiger partial charge is 0.464 e. The van der Waals surface area contributed by atoms with Crippen LogP contribution in [0.15, 0.2) is 29.4 Å². The van der Waals surface area contributed by atoms with Crippen molar-refractivity contribution in [2.45, 2.75) is 13.0 Å². The summed E-state index contributed by atoms with van der Waals surface area (Å²) in [5.74, 6) is -3.86. The molecule has 0 N–H and O–H groups in total. The average Bonchev–Trinajstić information content (AvgIpc) is 3.06. The van der Waals surface area contributed by atoms with E-state index >= 15 is 0 Å². The molecule has 3 amide bonds. The van der Waals surface area contributed by atoms with E-state index in [-0.39, 0.29) is 5.71 Å². The number of nitrogens with zero attached hydrogens (tertiary/aromatic N) is 3. The molecule has 3 rings (SSSR count). The van der Waals surface area contributed by atoms with E-state index in [1.807, 2.05) is 0 Å². The highest BCUT2D eigenvalue weighted by molar-refractivity contribution is 6.47. The maximum Gasteiger partial charge on any atom is 0.355 e. The van der Waals surface area contributed by atoms with Crippen molar-refractivity contribution in [3.63, 3.8) is 0 Å². The molecule has 1 aromatic carbocycles. The summed E-state index contributed by atoms with van der Waals surface area (Å²) in [6.07, 6.45) is 0. The van der Waals surface area contributed by atoms with Gasteiger partial charge in [0.2, 0.25) is 11.8 Å². The first-order valence-electron chi connectivity index (χ1n) is 6.96. The molecule has 8 nitrogen and oxygen atoms in total. The Kier molecular flexibility index (Phi) is 3.84. The summed E-state index contributed by atoms with van der Waals surface area (Å²) in [6, 6.07) is 4.89. The monoisotopic (exact) mass is 349 g/mol. The van der Waals surface area contributed by atoms with Gasteiger partial charge in [0.25, 0.3) is 5.91 Å². The second-order valence-corrected chi connectivity index (χ2v) is 5.69. The number of amides is 3. The van der Waals surface area contributed by atoms with Crippen LogP contribution in [0.5, 0.6) is 0 Å². The lowest BCUT2D eigenvalue weighted by molar-refractivity contribution is -0.136. The van der Waals surface area contributed by atoms with E-state index in [0.717, 1.165) is 17.0 Å². The van der Waals surface area contributed by atoms with Crippen molar-refractivity contribution in [2.75, 3.05) is 12.0 Å². The standard InChI is InChI=1S/C15H12ClN3O5/c1-7(20)19-12-10(11(17-19)15(23)24-2)13(21)18(14(12)22)9-5-3-8(16)4-6-9/h3-6,10,12H,1-2H3/t10-,12-/m0/s1. The second-order valence-electron chi connectivity index (χ2n) is 5.25. The molecular formula is C15H12ClN3O5. The van der Waals surface area contributed by atoms with E-state index in [1.54, 1.807) is 0 Å². The maximum atomic E-state index is 12.7. The third-order valence-electron chi connectivity index (χ3n) is 3.85. The number of benzene rings is 1. The minimum Gasteiger partial charge on any atom is -0.464 e. The molecule has 0 radical (unpaired) electrons. The molecule has 2 aliphatic rings. The number of anilines is 1. The number of rotatable bonds is 2. The Morgan fingerprint density at radius 2 is 1.79 bits per heavy atom. The van der Waals surface area contributed by atoms with Gasteiger partial charge in [-0.05, 0) is 24.3 Å². The van der Waals surface area contributed by atoms with E-state index in [0.29, 0.717) is 10.7 Å². The molecule has 0 saturated carbocycles. The van der Waals surface area contributed by atoms with Gasteiger partial charge in [0.15, 0.2) is 11.8 Å². The van der Waals surface area contributed by atoms with E-state index in [4.69, 9.17) is 11.6 Å². The molecule has 2 heterocycles. The molecule has 0 unspecified atom stereocenters. The lowest BCUT2D eigenvalue weighted by Gasteiger charge is -2.19. The van der Waals surface area contributed by atoms with Crippen molar-refractivity contribution in [1.82, 2.24) is 5.01 Å². The van der Waals surface area contributed by atoms with Gasteiger partial charge in [-0.1, -0.05) is 11.6 Å². The highest BCUT2D eigenvalue weighted by atomic mass is 35.5. The molecule has 0 aromatic heterocycles. The summed E-state index contributed by atoms with van der Waals surface area (Å²) in [7, 11) is 1.13. The number of hydrogen-bond acceptors (Lipinski definition) is 6. The third-order valence-corrected chi connectivity index (χ3v) is 4.10. The second kappa shape index (κ2) is 5.72. The first kappa shape index (κ1) is 16.1. The zero-order chi connectivity index (χ0) is 17.6. The van der Waals surface area contributed by atoms with Crippen LogP contribution in [0.4, 0.5) is 5.69 Å². The number of imide groups is 1. The number of esters is 1. The van der Waals surface area contributed by atoms with E-state index < -0.39 is 35.7 Å². The van der Waals surface area contributed by atoms with Gasteiger partial charge in [-0.15, -0.1) is 0 Å². The van der Waals surface area contributed by atoms with Gasteiger partial charge in [-0.25, -0.2) is 14.7 Å². The fourth-order valence-electron chi connectivity index (χ4n) is 2.79. The smallest absolute Gasteiger partial charge is 0.355 e. The van der Waals surface area contributed by atoms with E-state index in [9.17, 15) is 19.2 Å². The zero-order valence-electron chi connectivity index (χ0n) is 12.7. The number of carbonyl (C=O) groups is 4. The van der Waals surface area contributed by atoms with Crippen LogP contribution in [0, 0.1) is 5.92 Å². The summed E-state index contributed by atoms with van der Waals surface area (Å²) in [6.45, 7) is 1.20. The maximum absolute atomic E-state index is 12.7. The summed E-state index contributed by atoms with van der Waals surface area (Å²) in [5.41, 5.74) is 0.0454. The SMILES string of the molecule is COC(=O)C1=NN(C(C)=O)[C@@H]2C(=O)N(c3ccc(Cl)cc3)C(=O)[C@@H]12. The van der Waals surface area contributed by atoms with E-state index in [2.05, 4.69) is 9.84 Å². The molecule has 2 atom stereocenters. The Morgan fingerprint density at radius 1 is 1.17 bits per heavy atom. The lowest BCUT2D eigenvalue weighted by atomic mass is 9.98. The number of halogens is 1. The number of hydrogen-bond donors (Lipinski definition) is 0. The summed E-state index contributed by atoms with van der Waals surface area (Å²) < 4.78 is 4.60. The molecule has 0 bridgehead atoms. The fourth-order valence-corrected chi connectivity index (χ4v) is 2.92. The van der Waals surface area contributed by atoms with Gasteiger partial charge >= 0.3 is 5.97 Å². The Labute approximate surface area is 141 Å². The van der Waals surface area contributed by atoms with Crippen LogP contribution in [0.3, 0.4) is 0 Å². The van der Waals surface area contributed by atoms with Crippen LogP contribution in [0.25, 0.3) is 0 Å². The molecule has 0 aliphatic carbocycles. The van der Waals surface area contributed by atoms with Crippen LogP contribution >= 0.6 is 11.6 Å². The van der Waals surface area contributed by atoms with Gasteiger partial charge < -0.3 is 4.74 Å². The first-order chi connectivity index (χ1) is 11.4. The van der Waals surface area contributed by atoms with Crippen LogP contribution in [0.1, 0.15) is 6.92 Å². The normalized spacial score (nSPS) is 22.5. The Hall–Kier alpha value is -2.74. The van der Waals surface area contributed by atoms with Crippen LogP contribution in [0.2, 0.25) is 5.02 Å². The highest BCUT2D eigenvalue weighted by Crippen LogP contribution is 2.35. The number of methoxy groups -OCH3 is 1. The van der Waals surface area contributed by atoms with Crippen molar-refractivity contribution in [1.29, 1.82) is 0 Å². The lowest BCUT2D eigenvalue weighted by Crippen LogP contribution is -2.41. The minimum absolute atomic E-state index is 0.257. The topological polar surface area (TPSA) is 96.3 Å². The molecule has 0 spiro atoms. The molecule has 124 valence electrons. The summed E-state index contributed by atoms with van der Waals surface area (Å²) >= 11 is 5.81. The zero-order valence-corrected chi connectivity index (χ0v) is 13.5. The van der Waals surface area contributed by atoms with Crippen molar-refractivity contribution in [2.24, 2.45) is 11.0 Å². The van der Waals surface area contributed by atoms with Crippen molar-refractivity contribution >= 4 is 46.7 Å². The molecule has 1 aromatic rings. The van der Waals surface area contributed by atoms with Crippen LogP contribution in [-0.4, -0.2) is 47.6 Å². The van der Waals surface area contributed by atoms with Crippen molar-refractivity contribution < 1.29 is 23.9 Å². The first-order valence-corrected chi connectivity index (χ1v) is 7.34. The molecule has 24 heavy (non-hydrogen) atoms. The van der Waals surface area contributed by atoms with Crippen molar-refractivity contribution in [3.8, 4) is 0 Å². The highest BCUT2D eigenvalue weighted by Gasteiger charge is 2.59. The van der Waals surface area contributed by atoms with Crippen molar-refractivity contribution in [3.05, 3.63) is 29.3 Å². The molecule has 1 fully saturated rings. The summed E-state index contributed by atoms with van der Waals surface area (Å²) in [5, 5.41) is 5.12. The van der Waals surface area contributed by atoms with Gasteiger partial charge in [0.1, 0.15) is 5.92 Å². The number of hydrazone groups is 1. The quantitative estimate of drug-likeness (QED) is 0.575. The molecule has 9 heteroatoms. The van der Waals surface area contributed by atoms with Gasteiger partial charge in [0, 0.05) is 11.9 Å². The van der Waals surface area contributed by atoms with Gasteiger partial charge in [-0.3, -0.25) is 14.4 Å². The molecule has 1 saturated heterocycles. The number of carbonyl (C=O) groups excluding carboxylic acids is 4. The molecule has 2 aliphatic heterocycles. The van der Waals surface area contributed by atoms with Crippen LogP contribution < -0.4 is 4.90 Å². The fraction of sp³-hybridized carbons (Fsp3) is 0.267. The minimum atomic E-state index is -1.18. The Balaban J connectivity index is 2.05. The van der Waals surface area contributed by atoms with Crippen LogP contribution in [-0.2, 0) is 23.9 Å². The van der Waals surface area contributed by atoms with E-state index in [1.165, 1.54) is 31.2 Å². The Bertz CT molecular complexity index is 789. The predicted molar refractivity (Wildman–Crippen MR) is 83.2 cm³/mol.